The Morgan fingerprint density at radius 1 is 1.06 bits per heavy atom. The first-order chi connectivity index (χ1) is 15.3. The van der Waals surface area contributed by atoms with E-state index in [1.807, 2.05) is 0 Å². The number of ether oxygens (including phenoxy) is 1. The molecule has 2 atom stereocenters. The molecule has 0 spiro atoms. The van der Waals surface area contributed by atoms with Gasteiger partial charge in [-0.05, 0) is 68.4 Å². The number of hydrogen-bond acceptors (Lipinski definition) is 5. The lowest BCUT2D eigenvalue weighted by Crippen LogP contribution is -2.56. The van der Waals surface area contributed by atoms with E-state index >= 15 is 0 Å². The molecule has 4 saturated carbocycles. The Kier molecular flexibility index (Phi) is 5.66. The van der Waals surface area contributed by atoms with Gasteiger partial charge in [-0.1, -0.05) is 23.7 Å². The Labute approximate surface area is 192 Å². The number of aliphatic hydroxyl groups excluding tert-OH is 1. The maximum atomic E-state index is 13.7. The predicted octanol–water partition coefficient (Wildman–Crippen LogP) is 3.00. The predicted molar refractivity (Wildman–Crippen MR) is 118 cm³/mol. The van der Waals surface area contributed by atoms with E-state index in [-0.39, 0.29) is 18.9 Å². The summed E-state index contributed by atoms with van der Waals surface area (Å²) in [5.74, 6) is 0.665. The summed E-state index contributed by atoms with van der Waals surface area (Å²) in [4.78, 5) is 40.3. The van der Waals surface area contributed by atoms with Crippen molar-refractivity contribution in [3.63, 3.8) is 0 Å². The maximum Gasteiger partial charge on any atom is 0.329 e. The van der Waals surface area contributed by atoms with Crippen LogP contribution in [0.25, 0.3) is 0 Å². The zero-order valence-electron chi connectivity index (χ0n) is 18.0. The number of β-amino-alcohol motifs (C(OH)–C–C–N with tert-alkyl or cyclic N) is 1. The summed E-state index contributed by atoms with van der Waals surface area (Å²) < 4.78 is 5.25. The van der Waals surface area contributed by atoms with Crippen LogP contribution >= 0.6 is 11.6 Å². The molecule has 5 aliphatic rings. The van der Waals surface area contributed by atoms with Gasteiger partial charge in [0.2, 0.25) is 5.91 Å². The molecule has 4 aliphatic carbocycles. The molecule has 1 unspecified atom stereocenters. The van der Waals surface area contributed by atoms with Gasteiger partial charge in [0.1, 0.15) is 6.04 Å². The third-order valence-corrected chi connectivity index (χ3v) is 8.13. The molecule has 1 heterocycles. The van der Waals surface area contributed by atoms with E-state index in [1.54, 1.807) is 24.3 Å². The SMILES string of the molecule is O=C(COC(=O)[C@@H]1CC(O)CN1C(=O)C12CC3CC(CC(C3)C1)C2)Nc1ccccc1Cl. The number of rotatable bonds is 5. The molecule has 7 nitrogen and oxygen atoms in total. The lowest BCUT2D eigenvalue weighted by molar-refractivity contribution is -0.166. The van der Waals surface area contributed by atoms with Crippen molar-refractivity contribution < 1.29 is 24.2 Å². The Hall–Kier alpha value is -2.12. The van der Waals surface area contributed by atoms with E-state index in [1.165, 1.54) is 24.2 Å². The fraction of sp³-hybridized carbons (Fsp3) is 0.625. The Morgan fingerprint density at radius 3 is 2.31 bits per heavy atom. The van der Waals surface area contributed by atoms with Crippen molar-refractivity contribution in [3.05, 3.63) is 29.3 Å². The summed E-state index contributed by atoms with van der Waals surface area (Å²) in [6.45, 7) is -0.331. The molecule has 2 amide bonds. The fourth-order valence-corrected chi connectivity index (χ4v) is 7.10. The Bertz CT molecular complexity index is 899. The number of anilines is 1. The lowest BCUT2D eigenvalue weighted by atomic mass is 9.49. The van der Waals surface area contributed by atoms with Gasteiger partial charge in [0.15, 0.2) is 6.61 Å². The van der Waals surface area contributed by atoms with E-state index in [9.17, 15) is 19.5 Å². The van der Waals surface area contributed by atoms with Crippen LogP contribution in [-0.4, -0.2) is 53.1 Å². The third kappa shape index (κ3) is 4.01. The zero-order valence-corrected chi connectivity index (χ0v) is 18.7. The average Bonchev–Trinajstić information content (AvgIpc) is 3.14. The smallest absolute Gasteiger partial charge is 0.329 e. The highest BCUT2D eigenvalue weighted by Gasteiger charge is 2.57. The molecular weight excluding hydrogens is 432 g/mol. The minimum atomic E-state index is -0.849. The van der Waals surface area contributed by atoms with E-state index < -0.39 is 36.0 Å². The van der Waals surface area contributed by atoms with Gasteiger partial charge in [-0.15, -0.1) is 0 Å². The van der Waals surface area contributed by atoms with Gasteiger partial charge in [-0.25, -0.2) is 4.79 Å². The lowest BCUT2D eigenvalue weighted by Gasteiger charge is -2.56. The second kappa shape index (κ2) is 8.34. The van der Waals surface area contributed by atoms with Crippen LogP contribution in [0.1, 0.15) is 44.9 Å². The largest absolute Gasteiger partial charge is 0.454 e. The monoisotopic (exact) mass is 460 g/mol. The molecule has 172 valence electrons. The first-order valence-corrected chi connectivity index (χ1v) is 11.9. The minimum Gasteiger partial charge on any atom is -0.454 e. The van der Waals surface area contributed by atoms with Gasteiger partial charge in [-0.3, -0.25) is 9.59 Å². The van der Waals surface area contributed by atoms with Crippen LogP contribution in [0.15, 0.2) is 24.3 Å². The fourth-order valence-electron chi connectivity index (χ4n) is 6.92. The van der Waals surface area contributed by atoms with Crippen molar-refractivity contribution in [3.8, 4) is 0 Å². The van der Waals surface area contributed by atoms with Crippen LogP contribution < -0.4 is 5.32 Å². The van der Waals surface area contributed by atoms with E-state index in [0.717, 1.165) is 19.3 Å². The molecule has 1 aromatic rings. The van der Waals surface area contributed by atoms with Crippen LogP contribution in [0.2, 0.25) is 5.02 Å². The van der Waals surface area contributed by atoms with Crippen molar-refractivity contribution in [2.45, 2.75) is 57.1 Å². The Morgan fingerprint density at radius 2 is 1.69 bits per heavy atom. The van der Waals surface area contributed by atoms with Gasteiger partial charge >= 0.3 is 5.97 Å². The molecule has 1 aromatic carbocycles. The van der Waals surface area contributed by atoms with Gasteiger partial charge in [-0.2, -0.15) is 0 Å². The molecule has 5 fully saturated rings. The van der Waals surface area contributed by atoms with Gasteiger partial charge in [0, 0.05) is 13.0 Å². The van der Waals surface area contributed by atoms with Crippen LogP contribution in [0, 0.1) is 23.2 Å². The van der Waals surface area contributed by atoms with Crippen LogP contribution in [0.3, 0.4) is 0 Å². The second-order valence-electron chi connectivity index (χ2n) is 10.2. The molecule has 1 aliphatic heterocycles. The number of aliphatic hydroxyl groups is 1. The number of nitrogens with one attached hydrogen (secondary N) is 1. The summed E-state index contributed by atoms with van der Waals surface area (Å²) in [7, 11) is 0. The van der Waals surface area contributed by atoms with Gasteiger partial charge < -0.3 is 20.1 Å². The second-order valence-corrected chi connectivity index (χ2v) is 10.6. The Balaban J connectivity index is 1.23. The highest BCUT2D eigenvalue weighted by molar-refractivity contribution is 6.33. The first-order valence-electron chi connectivity index (χ1n) is 11.5. The molecular formula is C24H29ClN2O5. The summed E-state index contributed by atoms with van der Waals surface area (Å²) in [6.07, 6.45) is 5.74. The maximum absolute atomic E-state index is 13.7. The van der Waals surface area contributed by atoms with Crippen molar-refractivity contribution >= 4 is 35.1 Å². The number of carbonyl (C=O) groups is 3. The normalized spacial score (nSPS) is 35.1. The quantitative estimate of drug-likeness (QED) is 0.658. The molecule has 2 N–H and O–H groups in total. The number of hydrogen-bond donors (Lipinski definition) is 2. The highest BCUT2D eigenvalue weighted by Crippen LogP contribution is 2.60. The van der Waals surface area contributed by atoms with E-state index in [0.29, 0.717) is 28.5 Å². The van der Waals surface area contributed by atoms with Crippen molar-refractivity contribution in [1.29, 1.82) is 0 Å². The molecule has 32 heavy (non-hydrogen) atoms. The summed E-state index contributed by atoms with van der Waals surface area (Å²) in [5.41, 5.74) is 0.0452. The standard InChI is InChI=1S/C24H29ClN2O5/c25-18-3-1-2-4-19(18)26-21(29)13-32-22(30)20-8-17(28)12-27(20)23(31)24-9-14-5-15(10-24)7-16(6-14)11-24/h1-4,14-17,20,28H,5-13H2,(H,26,29)/t14?,15?,16?,17?,20-,24?/m0/s1. The van der Waals surface area contributed by atoms with Gasteiger partial charge in [0.05, 0.1) is 22.2 Å². The summed E-state index contributed by atoms with van der Waals surface area (Å²) >= 11 is 6.04. The number of benzene rings is 1. The minimum absolute atomic E-state index is 0.00406. The average molecular weight is 461 g/mol. The molecule has 0 aromatic heterocycles. The number of halogens is 1. The number of carbonyl (C=O) groups excluding carboxylic acids is 3. The van der Waals surface area contributed by atoms with Gasteiger partial charge in [0.25, 0.3) is 5.91 Å². The molecule has 0 radical (unpaired) electrons. The zero-order chi connectivity index (χ0) is 22.5. The third-order valence-electron chi connectivity index (χ3n) is 7.80. The molecule has 8 heteroatoms. The van der Waals surface area contributed by atoms with Crippen molar-refractivity contribution in [2.75, 3.05) is 18.5 Å². The summed E-state index contributed by atoms with van der Waals surface area (Å²) in [5, 5.41) is 13.3. The first kappa shape index (κ1) is 21.7. The van der Waals surface area contributed by atoms with Crippen molar-refractivity contribution in [2.24, 2.45) is 23.2 Å². The highest BCUT2D eigenvalue weighted by atomic mass is 35.5. The van der Waals surface area contributed by atoms with E-state index in [4.69, 9.17) is 16.3 Å². The number of para-hydroxylation sites is 1. The molecule has 4 bridgehead atoms. The van der Waals surface area contributed by atoms with Crippen LogP contribution in [-0.2, 0) is 19.1 Å². The van der Waals surface area contributed by atoms with Crippen molar-refractivity contribution in [1.82, 2.24) is 4.90 Å². The van der Waals surface area contributed by atoms with E-state index in [2.05, 4.69) is 5.32 Å². The van der Waals surface area contributed by atoms with Crippen LogP contribution in [0.4, 0.5) is 5.69 Å². The number of amides is 2. The van der Waals surface area contributed by atoms with Crippen LogP contribution in [0.5, 0.6) is 0 Å². The summed E-state index contributed by atoms with van der Waals surface area (Å²) in [6, 6.07) is 5.94. The number of likely N-dealkylation sites (tertiary alicyclic amines) is 1. The number of esters is 1. The number of nitrogens with zero attached hydrogens (tertiary/aromatic N) is 1. The topological polar surface area (TPSA) is 95.9 Å². The molecule has 6 rings (SSSR count). The molecule has 1 saturated heterocycles.